The van der Waals surface area contributed by atoms with Crippen LogP contribution in [0.5, 0.6) is 0 Å². The Morgan fingerprint density at radius 3 is 1.75 bits per heavy atom. The number of benzene rings is 1. The molecule has 290 valence electrons. The van der Waals surface area contributed by atoms with Crippen LogP contribution >= 0.6 is 0 Å². The molecule has 0 spiro atoms. The number of rotatable bonds is 21. The third kappa shape index (κ3) is 11.6. The van der Waals surface area contributed by atoms with Crippen LogP contribution in [0.25, 0.3) is 0 Å². The van der Waals surface area contributed by atoms with Gasteiger partial charge in [0.1, 0.15) is 29.3 Å². The van der Waals surface area contributed by atoms with Crippen LogP contribution in [0.15, 0.2) is 30.3 Å². The van der Waals surface area contributed by atoms with Crippen LogP contribution < -0.4 is 21.3 Å². The molecule has 15 nitrogen and oxygen atoms in total. The standard InChI is InChI=1S/C31H39F6N5O10/c1-30(16-52-30)26(47)31(11-18(31)17-5-3-2-4-6-17)41-25(46)21(15-51-29(36)37)40-24(45)20(14-50-28(34)35)39-23(44)19(13-49-27(32)33)38-22(43)12-42-7-9-48-10-8-42/h2-6,18-21,27-29H,7-16H2,1H3,(H,38,43)(H,39,44)(H,40,45)(H,41,46)/t18-,19-,20-,21-,30+,31-/m0/s1. The van der Waals surface area contributed by atoms with Gasteiger partial charge in [-0.1, -0.05) is 30.3 Å². The Labute approximate surface area is 293 Å². The maximum Gasteiger partial charge on any atom is 0.345 e. The van der Waals surface area contributed by atoms with Crippen molar-refractivity contribution in [3.8, 4) is 0 Å². The van der Waals surface area contributed by atoms with E-state index in [1.807, 2.05) is 10.6 Å². The molecule has 6 atom stereocenters. The fraction of sp³-hybridized carbons (Fsp3) is 0.645. The first-order valence-corrected chi connectivity index (χ1v) is 16.1. The lowest BCUT2D eigenvalue weighted by Gasteiger charge is -2.28. The summed E-state index contributed by atoms with van der Waals surface area (Å²) in [7, 11) is 0. The summed E-state index contributed by atoms with van der Waals surface area (Å²) < 4.78 is 101. The molecule has 3 fully saturated rings. The molecule has 21 heteroatoms. The van der Waals surface area contributed by atoms with E-state index in [2.05, 4.69) is 24.8 Å². The molecule has 2 heterocycles. The van der Waals surface area contributed by atoms with E-state index in [-0.39, 0.29) is 19.6 Å². The highest BCUT2D eigenvalue weighted by Crippen LogP contribution is 2.55. The summed E-state index contributed by atoms with van der Waals surface area (Å²) >= 11 is 0. The van der Waals surface area contributed by atoms with E-state index in [1.165, 1.54) is 6.92 Å². The number of morpholine rings is 1. The van der Waals surface area contributed by atoms with Gasteiger partial charge < -0.3 is 45.0 Å². The molecule has 1 saturated carbocycles. The molecule has 2 aliphatic heterocycles. The van der Waals surface area contributed by atoms with Gasteiger partial charge in [0.05, 0.1) is 46.2 Å². The first-order valence-electron chi connectivity index (χ1n) is 16.1. The molecule has 4 rings (SSSR count). The van der Waals surface area contributed by atoms with Crippen molar-refractivity contribution in [2.75, 3.05) is 59.3 Å². The number of halogens is 6. The van der Waals surface area contributed by atoms with E-state index in [1.54, 1.807) is 35.2 Å². The number of alkyl halides is 6. The fourth-order valence-electron chi connectivity index (χ4n) is 5.62. The summed E-state index contributed by atoms with van der Waals surface area (Å²) in [6.45, 7) is -11.3. The Bertz CT molecular complexity index is 1410. The summed E-state index contributed by atoms with van der Waals surface area (Å²) in [6, 6.07) is 2.57. The number of nitrogens with zero attached hydrogens (tertiary/aromatic N) is 1. The summed E-state index contributed by atoms with van der Waals surface area (Å²) in [4.78, 5) is 68.0. The van der Waals surface area contributed by atoms with Crippen molar-refractivity contribution in [2.45, 2.75) is 68.4 Å². The Hall–Kier alpha value is -3.89. The Balaban J connectivity index is 1.50. The number of amides is 4. The zero-order valence-corrected chi connectivity index (χ0v) is 27.8. The highest BCUT2D eigenvalue weighted by molar-refractivity contribution is 6.05. The van der Waals surface area contributed by atoms with Crippen molar-refractivity contribution in [1.82, 2.24) is 26.2 Å². The molecule has 3 aliphatic rings. The van der Waals surface area contributed by atoms with Crippen molar-refractivity contribution in [3.63, 3.8) is 0 Å². The van der Waals surface area contributed by atoms with Gasteiger partial charge in [-0.05, 0) is 18.9 Å². The largest absolute Gasteiger partial charge is 0.379 e. The highest BCUT2D eigenvalue weighted by Gasteiger charge is 2.68. The molecule has 52 heavy (non-hydrogen) atoms. The predicted molar refractivity (Wildman–Crippen MR) is 163 cm³/mol. The number of epoxide rings is 1. The monoisotopic (exact) mass is 755 g/mol. The second kappa shape index (κ2) is 18.2. The number of ketones is 1. The number of Topliss-reactive ketones (excluding diaryl/α,β-unsaturated/α-hetero) is 1. The molecule has 4 N–H and O–H groups in total. The lowest BCUT2D eigenvalue weighted by atomic mass is 9.94. The van der Waals surface area contributed by atoms with E-state index in [9.17, 15) is 50.3 Å². The van der Waals surface area contributed by atoms with Gasteiger partial charge in [-0.15, -0.1) is 0 Å². The molecular formula is C31H39F6N5O10. The lowest BCUT2D eigenvalue weighted by molar-refractivity contribution is -0.156. The molecule has 1 aromatic rings. The van der Waals surface area contributed by atoms with E-state index in [0.717, 1.165) is 0 Å². The fourth-order valence-corrected chi connectivity index (χ4v) is 5.62. The molecular weight excluding hydrogens is 716 g/mol. The molecule has 4 amide bonds. The van der Waals surface area contributed by atoms with Gasteiger partial charge >= 0.3 is 19.8 Å². The molecule has 0 radical (unpaired) electrons. The topological polar surface area (TPSA) is 186 Å². The van der Waals surface area contributed by atoms with Gasteiger partial charge in [0.15, 0.2) is 5.78 Å². The van der Waals surface area contributed by atoms with Crippen LogP contribution in [0.4, 0.5) is 26.3 Å². The van der Waals surface area contributed by atoms with E-state index >= 15 is 0 Å². The molecule has 0 unspecified atom stereocenters. The van der Waals surface area contributed by atoms with Crippen LogP contribution in [-0.2, 0) is 47.7 Å². The summed E-state index contributed by atoms with van der Waals surface area (Å²) in [5.74, 6) is -5.85. The minimum absolute atomic E-state index is 0.0577. The smallest absolute Gasteiger partial charge is 0.345 e. The van der Waals surface area contributed by atoms with Gasteiger partial charge in [-0.3, -0.25) is 28.9 Å². The van der Waals surface area contributed by atoms with Crippen LogP contribution in [0.2, 0.25) is 0 Å². The average molecular weight is 756 g/mol. The van der Waals surface area contributed by atoms with Gasteiger partial charge in [0.2, 0.25) is 23.6 Å². The van der Waals surface area contributed by atoms with E-state index in [0.29, 0.717) is 31.9 Å². The van der Waals surface area contributed by atoms with Crippen molar-refractivity contribution < 1.29 is 74.0 Å². The van der Waals surface area contributed by atoms with Gasteiger partial charge in [-0.25, -0.2) is 0 Å². The maximum atomic E-state index is 13.6. The van der Waals surface area contributed by atoms with Gasteiger partial charge in [0.25, 0.3) is 0 Å². The van der Waals surface area contributed by atoms with Gasteiger partial charge in [0, 0.05) is 19.0 Å². The summed E-state index contributed by atoms with van der Waals surface area (Å²) in [6.07, 6.45) is 0.0944. The second-order valence-electron chi connectivity index (χ2n) is 12.4. The lowest BCUT2D eigenvalue weighted by Crippen LogP contribution is -2.61. The minimum atomic E-state index is -3.48. The summed E-state index contributed by atoms with van der Waals surface area (Å²) in [5.41, 5.74) is -2.14. The third-order valence-electron chi connectivity index (χ3n) is 8.53. The first kappa shape index (κ1) is 40.9. The summed E-state index contributed by atoms with van der Waals surface area (Å²) in [5, 5.41) is 8.72. The van der Waals surface area contributed by atoms with Crippen LogP contribution in [0.1, 0.15) is 24.8 Å². The van der Waals surface area contributed by atoms with Crippen LogP contribution in [-0.4, -0.2) is 143 Å². The minimum Gasteiger partial charge on any atom is -0.379 e. The van der Waals surface area contributed by atoms with E-state index in [4.69, 9.17) is 9.47 Å². The Morgan fingerprint density at radius 2 is 1.27 bits per heavy atom. The van der Waals surface area contributed by atoms with Crippen LogP contribution in [0.3, 0.4) is 0 Å². The molecule has 2 saturated heterocycles. The number of nitrogens with one attached hydrogen (secondary N) is 4. The zero-order valence-electron chi connectivity index (χ0n) is 27.8. The Morgan fingerprint density at radius 1 is 0.788 bits per heavy atom. The van der Waals surface area contributed by atoms with E-state index < -0.39 is 104 Å². The molecule has 0 aromatic heterocycles. The molecule has 1 aromatic carbocycles. The first-order chi connectivity index (χ1) is 24.6. The quantitative estimate of drug-likeness (QED) is 0.0970. The molecule has 1 aliphatic carbocycles. The van der Waals surface area contributed by atoms with Crippen molar-refractivity contribution in [1.29, 1.82) is 0 Å². The zero-order chi connectivity index (χ0) is 38.1. The van der Waals surface area contributed by atoms with Crippen LogP contribution in [0, 0.1) is 0 Å². The third-order valence-corrected chi connectivity index (χ3v) is 8.53. The highest BCUT2D eigenvalue weighted by atomic mass is 19.3. The number of hydrogen-bond donors (Lipinski definition) is 4. The second-order valence-corrected chi connectivity index (χ2v) is 12.4. The Kier molecular flexibility index (Phi) is 14.3. The molecule has 0 bridgehead atoms. The van der Waals surface area contributed by atoms with Gasteiger partial charge in [-0.2, -0.15) is 26.3 Å². The average Bonchev–Trinajstić information content (AvgIpc) is 4.03. The van der Waals surface area contributed by atoms with Crippen molar-refractivity contribution in [2.24, 2.45) is 0 Å². The SMILES string of the molecule is C[C@]1(C(=O)[C@]2(NC(=O)[C@H](COC(F)F)NC(=O)[C@H](COC(F)F)NC(=O)[C@H](COC(F)F)NC(=O)CN3CCOCC3)C[C@H]2c2ccccc2)CO1. The number of carbonyl (C=O) groups is 5. The number of ether oxygens (including phenoxy) is 5. The van der Waals surface area contributed by atoms with Crippen molar-refractivity contribution in [3.05, 3.63) is 35.9 Å². The number of carbonyl (C=O) groups excluding carboxylic acids is 5. The number of hydrogen-bond acceptors (Lipinski definition) is 11. The maximum absolute atomic E-state index is 13.6. The normalized spacial score (nSPS) is 24.5. The van der Waals surface area contributed by atoms with Crippen molar-refractivity contribution >= 4 is 29.4 Å². The predicted octanol–water partition coefficient (Wildman–Crippen LogP) is -0.109.